The van der Waals surface area contributed by atoms with Crippen molar-refractivity contribution in [1.29, 1.82) is 0 Å². The van der Waals surface area contributed by atoms with Crippen LogP contribution in [0.2, 0.25) is 0 Å². The first kappa shape index (κ1) is 28.9. The number of carbonyl (C=O) groups excluding carboxylic acids is 2. The molecule has 2 heterocycles. The zero-order chi connectivity index (χ0) is 27.7. The van der Waals surface area contributed by atoms with Crippen LogP contribution < -0.4 is 5.32 Å². The summed E-state index contributed by atoms with van der Waals surface area (Å²) in [6, 6.07) is 19.6. The number of thiophene rings is 1. The Bertz CT molecular complexity index is 1310. The van der Waals surface area contributed by atoms with Gasteiger partial charge in [-0.15, -0.1) is 11.3 Å². The number of benzene rings is 2. The van der Waals surface area contributed by atoms with Crippen molar-refractivity contribution in [1.82, 2.24) is 14.1 Å². The summed E-state index contributed by atoms with van der Waals surface area (Å²) in [6.07, 6.45) is 0. The lowest BCUT2D eigenvalue weighted by molar-refractivity contribution is -0.132. The van der Waals surface area contributed by atoms with E-state index in [0.717, 1.165) is 10.4 Å². The van der Waals surface area contributed by atoms with Gasteiger partial charge in [0, 0.05) is 50.2 Å². The van der Waals surface area contributed by atoms with E-state index in [1.54, 1.807) is 28.4 Å². The van der Waals surface area contributed by atoms with Crippen LogP contribution in [0.25, 0.3) is 0 Å². The monoisotopic (exact) mass is 570 g/mol. The second kappa shape index (κ2) is 13.8. The van der Waals surface area contributed by atoms with Crippen molar-refractivity contribution in [3.63, 3.8) is 0 Å². The van der Waals surface area contributed by atoms with Crippen molar-refractivity contribution >= 4 is 38.9 Å². The number of ether oxygens (including phenoxy) is 1. The van der Waals surface area contributed by atoms with Gasteiger partial charge in [-0.3, -0.25) is 14.5 Å². The highest BCUT2D eigenvalue weighted by Crippen LogP contribution is 2.21. The van der Waals surface area contributed by atoms with Crippen LogP contribution in [0.15, 0.2) is 77.0 Å². The second-order valence-electron chi connectivity index (χ2n) is 9.31. The Labute approximate surface area is 234 Å². The molecule has 39 heavy (non-hydrogen) atoms. The van der Waals surface area contributed by atoms with Crippen LogP contribution in [-0.2, 0) is 37.4 Å². The molecule has 11 heteroatoms. The molecule has 1 N–H and O–H groups in total. The third-order valence-electron chi connectivity index (χ3n) is 6.39. The molecule has 2 amide bonds. The molecular formula is C28H34N4O5S2. The summed E-state index contributed by atoms with van der Waals surface area (Å²) in [5, 5.41) is 4.61. The van der Waals surface area contributed by atoms with Gasteiger partial charge in [-0.25, -0.2) is 8.42 Å². The molecule has 1 saturated heterocycles. The van der Waals surface area contributed by atoms with Gasteiger partial charge >= 0.3 is 0 Å². The summed E-state index contributed by atoms with van der Waals surface area (Å²) >= 11 is 1.56. The lowest BCUT2D eigenvalue weighted by atomic mass is 10.2. The third kappa shape index (κ3) is 8.45. The Morgan fingerprint density at radius 3 is 2.33 bits per heavy atom. The highest BCUT2D eigenvalue weighted by molar-refractivity contribution is 7.89. The minimum atomic E-state index is -3.99. The first-order valence-electron chi connectivity index (χ1n) is 12.8. The first-order valence-corrected chi connectivity index (χ1v) is 15.2. The Morgan fingerprint density at radius 1 is 0.974 bits per heavy atom. The number of rotatable bonds is 12. The van der Waals surface area contributed by atoms with Gasteiger partial charge < -0.3 is 15.0 Å². The fraction of sp³-hybridized carbons (Fsp3) is 0.357. The molecular weight excluding hydrogens is 536 g/mol. The van der Waals surface area contributed by atoms with Gasteiger partial charge in [0.05, 0.1) is 31.2 Å². The zero-order valence-corrected chi connectivity index (χ0v) is 23.6. The van der Waals surface area contributed by atoms with Crippen LogP contribution in [0.4, 0.5) is 5.69 Å². The van der Waals surface area contributed by atoms with Crippen LogP contribution in [0, 0.1) is 0 Å². The molecule has 3 aromatic rings. The normalized spacial score (nSPS) is 14.3. The number of anilines is 1. The van der Waals surface area contributed by atoms with Gasteiger partial charge in [0.15, 0.2) is 0 Å². The van der Waals surface area contributed by atoms with E-state index >= 15 is 0 Å². The largest absolute Gasteiger partial charge is 0.379 e. The number of sulfonamides is 1. The van der Waals surface area contributed by atoms with Crippen LogP contribution >= 0.6 is 11.3 Å². The van der Waals surface area contributed by atoms with Crippen molar-refractivity contribution in [2.45, 2.75) is 24.9 Å². The Kier molecular flexibility index (Phi) is 10.2. The van der Waals surface area contributed by atoms with Crippen molar-refractivity contribution in [2.75, 3.05) is 51.3 Å². The number of morpholine rings is 1. The molecule has 0 unspecified atom stereocenters. The number of nitrogens with one attached hydrogen (secondary N) is 1. The summed E-state index contributed by atoms with van der Waals surface area (Å²) in [7, 11) is -3.99. The zero-order valence-electron chi connectivity index (χ0n) is 22.0. The maximum absolute atomic E-state index is 13.8. The topological polar surface area (TPSA) is 99.3 Å². The molecule has 9 nitrogen and oxygen atoms in total. The lowest BCUT2D eigenvalue weighted by Crippen LogP contribution is -2.46. The van der Waals surface area contributed by atoms with Crippen LogP contribution in [0.1, 0.15) is 17.4 Å². The van der Waals surface area contributed by atoms with E-state index < -0.39 is 10.0 Å². The third-order valence-corrected chi connectivity index (χ3v) is 9.11. The number of nitrogens with zero attached hydrogens (tertiary/aromatic N) is 3. The van der Waals surface area contributed by atoms with E-state index in [-0.39, 0.29) is 29.8 Å². The second-order valence-corrected chi connectivity index (χ2v) is 12.3. The van der Waals surface area contributed by atoms with Crippen molar-refractivity contribution in [2.24, 2.45) is 0 Å². The Hall–Kier alpha value is -3.09. The van der Waals surface area contributed by atoms with Crippen LogP contribution in [0.3, 0.4) is 0 Å². The fourth-order valence-electron chi connectivity index (χ4n) is 4.30. The van der Waals surface area contributed by atoms with Crippen molar-refractivity contribution in [3.8, 4) is 0 Å². The molecule has 208 valence electrons. The van der Waals surface area contributed by atoms with Gasteiger partial charge in [-0.1, -0.05) is 36.4 Å². The summed E-state index contributed by atoms with van der Waals surface area (Å²) in [4.78, 5) is 30.0. The molecule has 1 aliphatic heterocycles. The molecule has 1 aliphatic rings. The van der Waals surface area contributed by atoms with E-state index in [4.69, 9.17) is 4.74 Å². The van der Waals surface area contributed by atoms with Crippen LogP contribution in [-0.4, -0.2) is 80.3 Å². The fourth-order valence-corrected chi connectivity index (χ4v) is 6.40. The van der Waals surface area contributed by atoms with E-state index in [0.29, 0.717) is 51.6 Å². The minimum Gasteiger partial charge on any atom is -0.379 e. The van der Waals surface area contributed by atoms with Gasteiger partial charge in [-0.05, 0) is 41.3 Å². The average molecular weight is 571 g/mol. The minimum absolute atomic E-state index is 0.0687. The molecule has 0 atom stereocenters. The number of carbonyl (C=O) groups is 2. The predicted octanol–water partition coefficient (Wildman–Crippen LogP) is 3.26. The van der Waals surface area contributed by atoms with Gasteiger partial charge in [0.2, 0.25) is 21.8 Å². The maximum Gasteiger partial charge on any atom is 0.243 e. The van der Waals surface area contributed by atoms with Crippen LogP contribution in [0.5, 0.6) is 0 Å². The van der Waals surface area contributed by atoms with Gasteiger partial charge in [-0.2, -0.15) is 4.31 Å². The van der Waals surface area contributed by atoms with Gasteiger partial charge in [0.1, 0.15) is 0 Å². The van der Waals surface area contributed by atoms with Crippen molar-refractivity contribution < 1.29 is 22.7 Å². The predicted molar refractivity (Wildman–Crippen MR) is 152 cm³/mol. The van der Waals surface area contributed by atoms with Crippen molar-refractivity contribution in [3.05, 3.63) is 82.6 Å². The molecule has 1 aromatic heterocycles. The molecule has 0 saturated carbocycles. The van der Waals surface area contributed by atoms with E-state index in [1.165, 1.54) is 23.4 Å². The Balaban J connectivity index is 1.56. The van der Waals surface area contributed by atoms with E-state index in [1.807, 2.05) is 47.8 Å². The van der Waals surface area contributed by atoms with Gasteiger partial charge in [0.25, 0.3) is 0 Å². The molecule has 2 aromatic carbocycles. The smallest absolute Gasteiger partial charge is 0.243 e. The molecule has 1 fully saturated rings. The molecule has 4 rings (SSSR count). The Morgan fingerprint density at radius 2 is 1.69 bits per heavy atom. The highest BCUT2D eigenvalue weighted by atomic mass is 32.2. The lowest BCUT2D eigenvalue weighted by Gasteiger charge is -2.31. The number of hydrogen-bond acceptors (Lipinski definition) is 7. The van der Waals surface area contributed by atoms with E-state index in [2.05, 4.69) is 10.2 Å². The summed E-state index contributed by atoms with van der Waals surface area (Å²) in [5.41, 5.74) is 1.47. The number of hydrogen-bond donors (Lipinski definition) is 1. The molecule has 0 bridgehead atoms. The maximum atomic E-state index is 13.8. The number of amides is 2. The molecule has 0 aliphatic carbocycles. The molecule has 0 spiro atoms. The highest BCUT2D eigenvalue weighted by Gasteiger charge is 2.29. The van der Waals surface area contributed by atoms with E-state index in [9.17, 15) is 18.0 Å². The SMILES string of the molecule is CC(=O)Nc1ccc(S(=O)(=O)N(CCN2CCOCC2)CC(=O)N(Cc2ccccc2)Cc2cccs2)cc1. The summed E-state index contributed by atoms with van der Waals surface area (Å²) in [6.45, 7) is 5.17. The standard InChI is InChI=1S/C28H34N4O5S2/c1-23(33)29-25-9-11-27(12-10-25)39(35,36)32(14-13-30-15-17-37-18-16-30)22-28(34)31(21-26-8-5-19-38-26)20-24-6-3-2-4-7-24/h2-12,19H,13-18,20-22H2,1H3,(H,29,33). The average Bonchev–Trinajstić information content (AvgIpc) is 3.45. The summed E-state index contributed by atoms with van der Waals surface area (Å²) < 4.78 is 34.3. The summed E-state index contributed by atoms with van der Waals surface area (Å²) in [5.74, 6) is -0.514. The first-order chi connectivity index (χ1) is 18.8. The molecule has 0 radical (unpaired) electrons. The quantitative estimate of drug-likeness (QED) is 0.359.